The zero-order chi connectivity index (χ0) is 24.4. The van der Waals surface area contributed by atoms with Crippen LogP contribution in [0.15, 0.2) is 58.5 Å². The molecule has 1 saturated carbocycles. The van der Waals surface area contributed by atoms with Crippen molar-refractivity contribution < 1.29 is 9.72 Å². The molecule has 1 aromatic heterocycles. The fourth-order valence-electron chi connectivity index (χ4n) is 4.57. The van der Waals surface area contributed by atoms with Crippen molar-refractivity contribution in [1.29, 1.82) is 0 Å². The molecule has 2 aromatic carbocycles. The molecule has 34 heavy (non-hydrogen) atoms. The molecule has 0 bridgehead atoms. The lowest BCUT2D eigenvalue weighted by atomic mass is 9.78. The van der Waals surface area contributed by atoms with Crippen LogP contribution in [0.2, 0.25) is 0 Å². The van der Waals surface area contributed by atoms with Crippen LogP contribution in [0, 0.1) is 22.0 Å². The number of hydrogen-bond acceptors (Lipinski definition) is 6. The number of nitro benzene ring substituents is 1. The normalized spacial score (nSPS) is 21.2. The topological polar surface area (TPSA) is 107 Å². The van der Waals surface area contributed by atoms with Gasteiger partial charge in [0.1, 0.15) is 0 Å². The minimum Gasteiger partial charge on any atom is -0.325 e. The van der Waals surface area contributed by atoms with Crippen molar-refractivity contribution in [1.82, 2.24) is 9.55 Å². The molecule has 9 heteroatoms. The van der Waals surface area contributed by atoms with Crippen LogP contribution in [0.3, 0.4) is 0 Å². The van der Waals surface area contributed by atoms with Crippen molar-refractivity contribution in [2.45, 2.75) is 56.5 Å². The van der Waals surface area contributed by atoms with Gasteiger partial charge in [0.25, 0.3) is 11.2 Å². The second kappa shape index (κ2) is 9.97. The Morgan fingerprint density at radius 1 is 1.21 bits per heavy atom. The summed E-state index contributed by atoms with van der Waals surface area (Å²) in [6, 6.07) is 13.1. The molecule has 0 aliphatic heterocycles. The maximum absolute atomic E-state index is 13.6. The third-order valence-electron chi connectivity index (χ3n) is 6.75. The third kappa shape index (κ3) is 4.84. The Morgan fingerprint density at radius 3 is 2.74 bits per heavy atom. The number of thioether (sulfide) groups is 1. The fourth-order valence-corrected chi connectivity index (χ4v) is 5.54. The Labute approximate surface area is 201 Å². The molecule has 178 valence electrons. The highest BCUT2D eigenvalue weighted by molar-refractivity contribution is 8.00. The zero-order valence-corrected chi connectivity index (χ0v) is 20.2. The van der Waals surface area contributed by atoms with Gasteiger partial charge >= 0.3 is 0 Å². The van der Waals surface area contributed by atoms with Crippen LogP contribution in [0.25, 0.3) is 10.9 Å². The van der Waals surface area contributed by atoms with Gasteiger partial charge in [-0.3, -0.25) is 24.3 Å². The van der Waals surface area contributed by atoms with Crippen LogP contribution >= 0.6 is 11.8 Å². The minimum absolute atomic E-state index is 0.0166. The lowest BCUT2D eigenvalue weighted by molar-refractivity contribution is -0.384. The molecular weight excluding hydrogens is 452 g/mol. The molecule has 3 aromatic rings. The van der Waals surface area contributed by atoms with Crippen LogP contribution < -0.4 is 10.9 Å². The quantitative estimate of drug-likeness (QED) is 0.218. The summed E-state index contributed by atoms with van der Waals surface area (Å²) in [6.45, 7) is 6.15. The SMILES string of the molecule is C[C@@H]1[C@H](n2c(S[C@@H](C)C(=O)Nc3cccc([N+](=O)[O-])c3)nc3ccccc3c2=O)CCC[C@@H]1C. The number of aromatic nitrogens is 2. The summed E-state index contributed by atoms with van der Waals surface area (Å²) in [5, 5.41) is 14.3. The smallest absolute Gasteiger partial charge is 0.271 e. The molecule has 1 heterocycles. The predicted molar refractivity (Wildman–Crippen MR) is 134 cm³/mol. The van der Waals surface area contributed by atoms with Gasteiger partial charge in [0.2, 0.25) is 5.91 Å². The second-order valence-corrected chi connectivity index (χ2v) is 10.3. The standard InChI is InChI=1S/C25H28N4O4S/c1-15-8-6-13-22(16(15)2)28-24(31)20-11-4-5-12-21(20)27-25(28)34-17(3)23(30)26-18-9-7-10-19(14-18)29(32)33/h4-5,7,9-12,14-17,22H,6,8,13H2,1-3H3,(H,26,30)/t15-,16-,17-,22+/m0/s1. The van der Waals surface area contributed by atoms with E-state index in [1.165, 1.54) is 30.0 Å². The number of nitro groups is 1. The Bertz CT molecular complexity index is 1290. The molecule has 0 spiro atoms. The van der Waals surface area contributed by atoms with Crippen LogP contribution in [0.1, 0.15) is 46.1 Å². The average molecular weight is 481 g/mol. The van der Waals surface area contributed by atoms with Gasteiger partial charge in [0, 0.05) is 23.9 Å². The summed E-state index contributed by atoms with van der Waals surface area (Å²) >= 11 is 1.24. The van der Waals surface area contributed by atoms with Crippen molar-refractivity contribution in [2.24, 2.45) is 11.8 Å². The Morgan fingerprint density at radius 2 is 1.97 bits per heavy atom. The molecule has 4 atom stereocenters. The molecule has 1 aliphatic carbocycles. The van der Waals surface area contributed by atoms with Crippen molar-refractivity contribution in [3.8, 4) is 0 Å². The first kappa shape index (κ1) is 23.9. The van der Waals surface area contributed by atoms with E-state index in [0.717, 1.165) is 19.3 Å². The Balaban J connectivity index is 1.66. The second-order valence-electron chi connectivity index (χ2n) is 8.98. The maximum atomic E-state index is 13.6. The van der Waals surface area contributed by atoms with E-state index in [9.17, 15) is 19.7 Å². The van der Waals surface area contributed by atoms with E-state index >= 15 is 0 Å². The summed E-state index contributed by atoms with van der Waals surface area (Å²) in [6.07, 6.45) is 3.08. The van der Waals surface area contributed by atoms with E-state index in [0.29, 0.717) is 33.6 Å². The number of para-hydroxylation sites is 1. The number of nitrogens with zero attached hydrogens (tertiary/aromatic N) is 3. The van der Waals surface area contributed by atoms with Gasteiger partial charge < -0.3 is 5.32 Å². The van der Waals surface area contributed by atoms with Crippen molar-refractivity contribution in [2.75, 3.05) is 5.32 Å². The summed E-state index contributed by atoms with van der Waals surface area (Å²) in [5.74, 6) is 0.483. The third-order valence-corrected chi connectivity index (χ3v) is 7.81. The van der Waals surface area contributed by atoms with Crippen LogP contribution in [0.5, 0.6) is 0 Å². The number of fused-ring (bicyclic) bond motifs is 1. The van der Waals surface area contributed by atoms with Gasteiger partial charge in [-0.05, 0) is 43.4 Å². The van der Waals surface area contributed by atoms with Gasteiger partial charge in [0.15, 0.2) is 5.16 Å². The molecule has 1 amide bonds. The summed E-state index contributed by atoms with van der Waals surface area (Å²) < 4.78 is 1.80. The first-order valence-corrected chi connectivity index (χ1v) is 12.4. The highest BCUT2D eigenvalue weighted by Crippen LogP contribution is 2.39. The van der Waals surface area contributed by atoms with Crippen molar-refractivity contribution in [3.05, 3.63) is 69.0 Å². The van der Waals surface area contributed by atoms with Crippen LogP contribution in [-0.2, 0) is 4.79 Å². The number of rotatable bonds is 6. The Hall–Kier alpha value is -3.20. The Kier molecular flexibility index (Phi) is 7.02. The molecule has 1 aliphatic rings. The molecular formula is C25H28N4O4S. The van der Waals surface area contributed by atoms with Crippen molar-refractivity contribution in [3.63, 3.8) is 0 Å². The molecule has 1 fully saturated rings. The van der Waals surface area contributed by atoms with Gasteiger partial charge in [-0.15, -0.1) is 0 Å². The molecule has 4 rings (SSSR count). The maximum Gasteiger partial charge on any atom is 0.271 e. The zero-order valence-electron chi connectivity index (χ0n) is 19.4. The van der Waals surface area contributed by atoms with E-state index < -0.39 is 10.2 Å². The van der Waals surface area contributed by atoms with E-state index in [-0.39, 0.29) is 23.2 Å². The van der Waals surface area contributed by atoms with E-state index in [4.69, 9.17) is 4.98 Å². The number of carbonyl (C=O) groups excluding carboxylic acids is 1. The minimum atomic E-state index is -0.574. The number of hydrogen-bond donors (Lipinski definition) is 1. The number of nitrogens with one attached hydrogen (secondary N) is 1. The number of non-ortho nitro benzene ring substituents is 1. The number of anilines is 1. The first-order chi connectivity index (χ1) is 16.3. The van der Waals surface area contributed by atoms with E-state index in [1.807, 2.05) is 18.2 Å². The summed E-state index contributed by atoms with van der Waals surface area (Å²) in [4.78, 5) is 41.9. The molecule has 0 unspecified atom stereocenters. The largest absolute Gasteiger partial charge is 0.325 e. The lowest BCUT2D eigenvalue weighted by Crippen LogP contribution is -2.36. The highest BCUT2D eigenvalue weighted by atomic mass is 32.2. The number of benzene rings is 2. The summed E-state index contributed by atoms with van der Waals surface area (Å²) in [5.41, 5.74) is 0.785. The van der Waals surface area contributed by atoms with E-state index in [1.54, 1.807) is 23.6 Å². The molecule has 1 N–H and O–H groups in total. The van der Waals surface area contributed by atoms with Gasteiger partial charge in [0.05, 0.1) is 21.1 Å². The van der Waals surface area contributed by atoms with Gasteiger partial charge in [-0.2, -0.15) is 0 Å². The highest BCUT2D eigenvalue weighted by Gasteiger charge is 2.32. The molecule has 0 saturated heterocycles. The first-order valence-electron chi connectivity index (χ1n) is 11.5. The predicted octanol–water partition coefficient (Wildman–Crippen LogP) is 5.42. The average Bonchev–Trinajstić information content (AvgIpc) is 2.82. The van der Waals surface area contributed by atoms with Gasteiger partial charge in [-0.1, -0.05) is 56.7 Å². The summed E-state index contributed by atoms with van der Waals surface area (Å²) in [7, 11) is 0. The number of amides is 1. The lowest BCUT2D eigenvalue weighted by Gasteiger charge is -2.36. The fraction of sp³-hybridized carbons (Fsp3) is 0.400. The molecule has 0 radical (unpaired) electrons. The molecule has 8 nitrogen and oxygen atoms in total. The van der Waals surface area contributed by atoms with E-state index in [2.05, 4.69) is 19.2 Å². The monoisotopic (exact) mass is 480 g/mol. The number of carbonyl (C=O) groups is 1. The van der Waals surface area contributed by atoms with Crippen LogP contribution in [-0.4, -0.2) is 25.6 Å². The van der Waals surface area contributed by atoms with Crippen molar-refractivity contribution >= 4 is 39.9 Å². The van der Waals surface area contributed by atoms with Crippen LogP contribution in [0.4, 0.5) is 11.4 Å². The van der Waals surface area contributed by atoms with Gasteiger partial charge in [-0.25, -0.2) is 4.98 Å².